The van der Waals surface area contributed by atoms with Crippen molar-refractivity contribution in [3.63, 3.8) is 0 Å². The molecule has 8 heteroatoms. The van der Waals surface area contributed by atoms with E-state index in [2.05, 4.69) is 50.1 Å². The van der Waals surface area contributed by atoms with Gasteiger partial charge >= 0.3 is 0 Å². The predicted octanol–water partition coefficient (Wildman–Crippen LogP) is 3.24. The summed E-state index contributed by atoms with van der Waals surface area (Å²) in [5.74, 6) is 1.68. The Morgan fingerprint density at radius 1 is 1.37 bits per heavy atom. The first-order valence-electron chi connectivity index (χ1n) is 9.35. The highest BCUT2D eigenvalue weighted by Crippen LogP contribution is 2.29. The lowest BCUT2D eigenvalue weighted by Crippen LogP contribution is -2.44. The van der Waals surface area contributed by atoms with Gasteiger partial charge in [-0.1, -0.05) is 13.0 Å². The first-order valence-corrected chi connectivity index (χ1v) is 10.2. The van der Waals surface area contributed by atoms with Crippen LogP contribution >= 0.6 is 35.3 Å². The van der Waals surface area contributed by atoms with Crippen LogP contribution in [0.5, 0.6) is 0 Å². The lowest BCUT2D eigenvalue weighted by atomic mass is 9.97. The number of rotatable bonds is 6. The molecule has 150 valence electrons. The van der Waals surface area contributed by atoms with E-state index in [0.717, 1.165) is 30.5 Å². The Kier molecular flexibility index (Phi) is 9.04. The van der Waals surface area contributed by atoms with Crippen LogP contribution in [0.15, 0.2) is 34.9 Å². The van der Waals surface area contributed by atoms with Crippen LogP contribution in [0.4, 0.5) is 0 Å². The molecule has 2 N–H and O–H groups in total. The molecule has 2 aromatic heterocycles. The minimum atomic E-state index is 0. The van der Waals surface area contributed by atoms with E-state index < -0.39 is 0 Å². The number of hydrogen-bond donors (Lipinski definition) is 2. The maximum Gasteiger partial charge on any atom is 0.191 e. The van der Waals surface area contributed by atoms with Crippen molar-refractivity contribution in [1.82, 2.24) is 25.3 Å². The van der Waals surface area contributed by atoms with Crippen LogP contribution < -0.4 is 10.6 Å². The Morgan fingerprint density at radius 3 is 2.74 bits per heavy atom. The molecule has 1 fully saturated rings. The summed E-state index contributed by atoms with van der Waals surface area (Å²) in [6, 6.07) is 4.80. The number of aromatic nitrogens is 2. The Labute approximate surface area is 183 Å². The monoisotopic (exact) mass is 502 g/mol. The van der Waals surface area contributed by atoms with Gasteiger partial charge < -0.3 is 10.6 Å². The fourth-order valence-corrected chi connectivity index (χ4v) is 4.25. The molecule has 6 nitrogen and oxygen atoms in total. The number of likely N-dealkylation sites (tertiary alicyclic amines) is 1. The van der Waals surface area contributed by atoms with Gasteiger partial charge in [-0.25, -0.2) is 0 Å². The molecule has 0 radical (unpaired) electrons. The van der Waals surface area contributed by atoms with E-state index in [0.29, 0.717) is 6.04 Å². The second-order valence-corrected chi connectivity index (χ2v) is 8.06. The highest BCUT2D eigenvalue weighted by Gasteiger charge is 2.25. The Morgan fingerprint density at radius 2 is 2.15 bits per heavy atom. The number of aryl methyl sites for hydroxylation is 1. The van der Waals surface area contributed by atoms with Gasteiger partial charge in [-0.05, 0) is 43.3 Å². The number of guanidine groups is 1. The van der Waals surface area contributed by atoms with Crippen molar-refractivity contribution >= 4 is 41.3 Å². The maximum absolute atomic E-state index is 4.37. The third-order valence-corrected chi connectivity index (χ3v) is 6.01. The van der Waals surface area contributed by atoms with Crippen LogP contribution in [0.25, 0.3) is 0 Å². The van der Waals surface area contributed by atoms with Gasteiger partial charge in [-0.3, -0.25) is 14.6 Å². The van der Waals surface area contributed by atoms with Gasteiger partial charge in [0.05, 0.1) is 12.2 Å². The van der Waals surface area contributed by atoms with Crippen molar-refractivity contribution in [3.05, 3.63) is 40.3 Å². The van der Waals surface area contributed by atoms with Crippen LogP contribution in [0, 0.1) is 5.92 Å². The molecule has 1 saturated heterocycles. The fraction of sp³-hybridized carbons (Fsp3) is 0.579. The van der Waals surface area contributed by atoms with Gasteiger partial charge in [-0.2, -0.15) is 5.10 Å². The van der Waals surface area contributed by atoms with Gasteiger partial charge in [0.25, 0.3) is 0 Å². The SMILES string of the molecule is CN=C(NCc1cnn(C)c1)NCC(c1cccs1)N1CCC(C)CC1.I. The summed E-state index contributed by atoms with van der Waals surface area (Å²) in [4.78, 5) is 8.42. The lowest BCUT2D eigenvalue weighted by molar-refractivity contribution is 0.140. The molecule has 0 amide bonds. The molecule has 1 unspecified atom stereocenters. The minimum absolute atomic E-state index is 0. The van der Waals surface area contributed by atoms with Gasteiger partial charge in [0.2, 0.25) is 0 Å². The smallest absolute Gasteiger partial charge is 0.191 e. The second kappa shape index (κ2) is 11.0. The third-order valence-electron chi connectivity index (χ3n) is 5.04. The highest BCUT2D eigenvalue weighted by atomic mass is 127. The maximum atomic E-state index is 4.37. The van der Waals surface area contributed by atoms with Crippen LogP contribution in [-0.2, 0) is 13.6 Å². The molecule has 1 aliphatic rings. The second-order valence-electron chi connectivity index (χ2n) is 7.08. The average molecular weight is 502 g/mol. The van der Waals surface area contributed by atoms with Crippen molar-refractivity contribution in [2.75, 3.05) is 26.7 Å². The minimum Gasteiger partial charge on any atom is -0.354 e. The van der Waals surface area contributed by atoms with E-state index in [4.69, 9.17) is 0 Å². The first-order chi connectivity index (χ1) is 12.7. The Bertz CT molecular complexity index is 691. The summed E-state index contributed by atoms with van der Waals surface area (Å²) < 4.78 is 1.82. The molecule has 0 spiro atoms. The third kappa shape index (κ3) is 6.46. The molecule has 0 bridgehead atoms. The molecule has 1 aliphatic heterocycles. The summed E-state index contributed by atoms with van der Waals surface area (Å²) in [7, 11) is 3.75. The molecule has 1 atom stereocenters. The van der Waals surface area contributed by atoms with Crippen molar-refractivity contribution in [2.24, 2.45) is 18.0 Å². The van der Waals surface area contributed by atoms with Crippen LogP contribution in [-0.4, -0.2) is 47.3 Å². The van der Waals surface area contributed by atoms with E-state index in [1.54, 1.807) is 0 Å². The van der Waals surface area contributed by atoms with E-state index in [9.17, 15) is 0 Å². The van der Waals surface area contributed by atoms with E-state index >= 15 is 0 Å². The van der Waals surface area contributed by atoms with Crippen LogP contribution in [0.2, 0.25) is 0 Å². The van der Waals surface area contributed by atoms with Gasteiger partial charge in [0.1, 0.15) is 0 Å². The van der Waals surface area contributed by atoms with Gasteiger partial charge in [0.15, 0.2) is 5.96 Å². The predicted molar refractivity (Wildman–Crippen MR) is 124 cm³/mol. The Hall–Kier alpha value is -1.13. The highest BCUT2D eigenvalue weighted by molar-refractivity contribution is 14.0. The molecule has 27 heavy (non-hydrogen) atoms. The number of nitrogens with one attached hydrogen (secondary N) is 2. The van der Waals surface area contributed by atoms with E-state index in [-0.39, 0.29) is 24.0 Å². The van der Waals surface area contributed by atoms with Crippen molar-refractivity contribution in [1.29, 1.82) is 0 Å². The van der Waals surface area contributed by atoms with E-state index in [1.807, 2.05) is 42.5 Å². The molecule has 2 aromatic rings. The van der Waals surface area contributed by atoms with E-state index in [1.165, 1.54) is 30.8 Å². The molecule has 3 heterocycles. The van der Waals surface area contributed by atoms with Crippen molar-refractivity contribution in [3.8, 4) is 0 Å². The molecule has 0 aliphatic carbocycles. The fourth-order valence-electron chi connectivity index (χ4n) is 3.39. The number of halogens is 1. The standard InChI is InChI=1S/C19H30N6S.HI/c1-15-6-8-25(9-7-15)17(18-5-4-10-26-18)13-22-19(20-2)21-11-16-12-23-24(3)14-16;/h4-5,10,12,14-15,17H,6-9,11,13H2,1-3H3,(H2,20,21,22);1H. The summed E-state index contributed by atoms with van der Waals surface area (Å²) >= 11 is 1.84. The Balaban J connectivity index is 0.00000261. The molecule has 3 rings (SSSR count). The zero-order valence-corrected chi connectivity index (χ0v) is 19.5. The summed E-state index contributed by atoms with van der Waals surface area (Å²) in [5, 5.41) is 13.3. The largest absolute Gasteiger partial charge is 0.354 e. The van der Waals surface area contributed by atoms with Crippen LogP contribution in [0.3, 0.4) is 0 Å². The topological polar surface area (TPSA) is 57.5 Å². The zero-order valence-electron chi connectivity index (χ0n) is 16.4. The lowest BCUT2D eigenvalue weighted by Gasteiger charge is -2.36. The zero-order chi connectivity index (χ0) is 18.4. The number of hydrogen-bond acceptors (Lipinski definition) is 4. The van der Waals surface area contributed by atoms with Gasteiger partial charge in [0, 0.05) is 43.8 Å². The number of piperidine rings is 1. The summed E-state index contributed by atoms with van der Waals surface area (Å²) in [5.41, 5.74) is 1.15. The number of nitrogens with zero attached hydrogens (tertiary/aromatic N) is 4. The average Bonchev–Trinajstić information content (AvgIpc) is 3.31. The number of thiophene rings is 1. The van der Waals surface area contributed by atoms with Crippen LogP contribution in [0.1, 0.15) is 36.2 Å². The quantitative estimate of drug-likeness (QED) is 0.362. The molecule has 0 saturated carbocycles. The normalized spacial score (nSPS) is 17.4. The summed E-state index contributed by atoms with van der Waals surface area (Å²) in [6.07, 6.45) is 6.47. The molecular formula is C19H31IN6S. The molecular weight excluding hydrogens is 471 g/mol. The first kappa shape index (κ1) is 22.2. The number of aliphatic imine (C=N–C) groups is 1. The van der Waals surface area contributed by atoms with Crippen molar-refractivity contribution < 1.29 is 0 Å². The molecule has 0 aromatic carbocycles. The summed E-state index contributed by atoms with van der Waals surface area (Å²) in [6.45, 7) is 6.29. The van der Waals surface area contributed by atoms with Gasteiger partial charge in [-0.15, -0.1) is 35.3 Å². The van der Waals surface area contributed by atoms with Crippen molar-refractivity contribution in [2.45, 2.75) is 32.4 Å².